The van der Waals surface area contributed by atoms with Crippen molar-refractivity contribution in [2.75, 3.05) is 59.0 Å². The first-order chi connectivity index (χ1) is 22.6. The number of benzene rings is 2. The summed E-state index contributed by atoms with van der Waals surface area (Å²) in [5, 5.41) is 46.7. The zero-order valence-electron chi connectivity index (χ0n) is 25.9. The van der Waals surface area contributed by atoms with Crippen molar-refractivity contribution in [1.29, 1.82) is 0 Å². The maximum Gasteiger partial charge on any atom is 0.472 e. The molecule has 0 aliphatic heterocycles. The number of phosphoric ester groups is 1. The monoisotopic (exact) mass is 697 g/mol. The van der Waals surface area contributed by atoms with E-state index in [4.69, 9.17) is 19.3 Å². The molecule has 2 aromatic rings. The molecule has 0 bridgehead atoms. The number of nitrogens with zero attached hydrogens (tertiary/aromatic N) is 3. The van der Waals surface area contributed by atoms with Crippen LogP contribution in [0.3, 0.4) is 0 Å². The van der Waals surface area contributed by atoms with Gasteiger partial charge < -0.3 is 30.4 Å². The van der Waals surface area contributed by atoms with Gasteiger partial charge in [0.1, 0.15) is 0 Å². The van der Waals surface area contributed by atoms with Gasteiger partial charge in [-0.3, -0.25) is 47.7 Å². The molecule has 6 N–H and O–H groups in total. The highest BCUT2D eigenvalue weighted by molar-refractivity contribution is 7.47. The van der Waals surface area contributed by atoms with Crippen molar-refractivity contribution in [3.05, 3.63) is 71.8 Å². The molecule has 48 heavy (non-hydrogen) atoms. The summed E-state index contributed by atoms with van der Waals surface area (Å²) in [6, 6.07) is 16.7. The van der Waals surface area contributed by atoms with Gasteiger partial charge in [0, 0.05) is 25.7 Å². The normalized spacial score (nSPS) is 13.4. The quantitative estimate of drug-likeness (QED) is 0.0780. The van der Waals surface area contributed by atoms with E-state index in [1.165, 1.54) is 4.90 Å². The summed E-state index contributed by atoms with van der Waals surface area (Å²) in [6.45, 7) is -5.51. The van der Waals surface area contributed by atoms with Gasteiger partial charge in [-0.2, -0.15) is 0 Å². The third-order valence-corrected chi connectivity index (χ3v) is 7.84. The first kappa shape index (κ1) is 40.0. The Morgan fingerprint density at radius 2 is 1.02 bits per heavy atom. The van der Waals surface area contributed by atoms with Gasteiger partial charge in [-0.05, 0) is 24.0 Å². The second-order valence-corrected chi connectivity index (χ2v) is 12.3. The molecular formula is C30H40N3O14P. The van der Waals surface area contributed by atoms with Gasteiger partial charge in [-0.25, -0.2) is 4.57 Å². The van der Waals surface area contributed by atoms with E-state index in [-0.39, 0.29) is 25.9 Å². The summed E-state index contributed by atoms with van der Waals surface area (Å²) in [5.41, 5.74) is 1.60. The Bertz CT molecular complexity index is 1320. The van der Waals surface area contributed by atoms with Crippen LogP contribution in [0, 0.1) is 0 Å². The number of aliphatic carboxylic acids is 5. The Balaban J connectivity index is 2.32. The fourth-order valence-electron chi connectivity index (χ4n) is 4.84. The summed E-state index contributed by atoms with van der Waals surface area (Å²) in [7, 11) is -4.91. The van der Waals surface area contributed by atoms with E-state index in [1.54, 1.807) is 60.7 Å². The molecule has 0 radical (unpaired) electrons. The Morgan fingerprint density at radius 3 is 1.44 bits per heavy atom. The number of carbonyl (C=O) groups is 5. The standard InChI is InChI=1S/C30H40N3O14P/c34-26(35)16-31(11-12-32(17-27(36)37)18-28(38)39)15-24(33(19-29(40)41)20-30(42)43)21-46-48(44,45)47-25(13-22-7-3-1-4-8-22)14-23-9-5-2-6-10-23/h1-10,24-25H,11-21H2,(H,34,35)(H,36,37)(H,38,39)(H,40,41)(H,42,43)(H,44,45). The lowest BCUT2D eigenvalue weighted by molar-refractivity contribution is -0.145. The number of hydrogen-bond acceptors (Lipinski definition) is 11. The average Bonchev–Trinajstić information content (AvgIpc) is 2.97. The lowest BCUT2D eigenvalue weighted by Gasteiger charge is -2.34. The van der Waals surface area contributed by atoms with Gasteiger partial charge in [0.15, 0.2) is 0 Å². The molecule has 0 amide bonds. The van der Waals surface area contributed by atoms with Crippen LogP contribution in [0.25, 0.3) is 0 Å². The van der Waals surface area contributed by atoms with Gasteiger partial charge in [0.25, 0.3) is 0 Å². The maximum atomic E-state index is 13.3. The molecule has 0 spiro atoms. The largest absolute Gasteiger partial charge is 0.480 e. The van der Waals surface area contributed by atoms with Crippen molar-refractivity contribution in [1.82, 2.24) is 14.7 Å². The molecule has 0 aliphatic carbocycles. The molecule has 0 fully saturated rings. The molecule has 0 saturated carbocycles. The van der Waals surface area contributed by atoms with Crippen molar-refractivity contribution in [2.45, 2.75) is 25.0 Å². The predicted molar refractivity (Wildman–Crippen MR) is 167 cm³/mol. The fraction of sp³-hybridized carbons (Fsp3) is 0.433. The Labute approximate surface area is 276 Å². The minimum absolute atomic E-state index is 0.215. The van der Waals surface area contributed by atoms with Crippen LogP contribution < -0.4 is 0 Å². The topological polar surface area (TPSA) is 252 Å². The highest BCUT2D eigenvalue weighted by Gasteiger charge is 2.33. The van der Waals surface area contributed by atoms with Crippen LogP contribution in [-0.2, 0) is 50.4 Å². The number of hydrogen-bond donors (Lipinski definition) is 6. The lowest BCUT2D eigenvalue weighted by Crippen LogP contribution is -2.52. The van der Waals surface area contributed by atoms with E-state index in [0.717, 1.165) is 20.9 Å². The number of carboxylic acids is 5. The van der Waals surface area contributed by atoms with Crippen LogP contribution in [0.15, 0.2) is 60.7 Å². The number of carboxylic acid groups (broad SMARTS) is 5. The van der Waals surface area contributed by atoms with Crippen LogP contribution in [-0.4, -0.2) is 146 Å². The smallest absolute Gasteiger partial charge is 0.472 e. The van der Waals surface area contributed by atoms with Crippen LogP contribution >= 0.6 is 7.82 Å². The summed E-state index contributed by atoms with van der Waals surface area (Å²) in [6.07, 6.45) is -0.434. The Hall–Kier alpha value is -4.22. The van der Waals surface area contributed by atoms with Gasteiger partial charge >= 0.3 is 37.7 Å². The lowest BCUT2D eigenvalue weighted by atomic mass is 10.0. The second-order valence-electron chi connectivity index (χ2n) is 10.8. The number of rotatable bonds is 25. The molecule has 0 saturated heterocycles. The highest BCUT2D eigenvalue weighted by atomic mass is 31.2. The molecular weight excluding hydrogens is 657 g/mol. The van der Waals surface area contributed by atoms with Crippen molar-refractivity contribution in [3.63, 3.8) is 0 Å². The molecule has 2 atom stereocenters. The molecule has 0 aliphatic rings. The fourth-order valence-corrected chi connectivity index (χ4v) is 5.79. The van der Waals surface area contributed by atoms with Gasteiger partial charge in [0.05, 0.1) is 45.4 Å². The minimum Gasteiger partial charge on any atom is -0.480 e. The molecule has 2 rings (SSSR count). The van der Waals surface area contributed by atoms with Crippen LogP contribution in [0.4, 0.5) is 0 Å². The van der Waals surface area contributed by atoms with E-state index >= 15 is 0 Å². The zero-order chi connectivity index (χ0) is 35.7. The van der Waals surface area contributed by atoms with Crippen LogP contribution in [0.1, 0.15) is 11.1 Å². The third kappa shape index (κ3) is 17.1. The maximum absolute atomic E-state index is 13.3. The molecule has 0 heterocycles. The Kier molecular flexibility index (Phi) is 16.8. The molecule has 0 aromatic heterocycles. The van der Waals surface area contributed by atoms with E-state index in [9.17, 15) is 48.8 Å². The molecule has 2 aromatic carbocycles. The third-order valence-electron chi connectivity index (χ3n) is 6.80. The number of phosphoric acid groups is 1. The SMILES string of the molecule is O=C(O)CN(CCN(CC(=O)O)CC(COP(=O)(O)OC(Cc1ccccc1)Cc1ccccc1)N(CC(=O)O)CC(=O)O)CC(=O)O. The zero-order valence-corrected chi connectivity index (χ0v) is 26.8. The molecule has 17 nitrogen and oxygen atoms in total. The van der Waals surface area contributed by atoms with E-state index < -0.39 is 95.7 Å². The first-order valence-electron chi connectivity index (χ1n) is 14.6. The van der Waals surface area contributed by atoms with Crippen molar-refractivity contribution in [2.24, 2.45) is 0 Å². The van der Waals surface area contributed by atoms with Gasteiger partial charge in [0.2, 0.25) is 0 Å². The minimum atomic E-state index is -4.91. The van der Waals surface area contributed by atoms with Crippen molar-refractivity contribution in [3.8, 4) is 0 Å². The Morgan fingerprint density at radius 1 is 0.625 bits per heavy atom. The van der Waals surface area contributed by atoms with Crippen LogP contribution in [0.2, 0.25) is 0 Å². The van der Waals surface area contributed by atoms with E-state index in [1.807, 2.05) is 0 Å². The van der Waals surface area contributed by atoms with E-state index in [2.05, 4.69) is 0 Å². The summed E-state index contributed by atoms with van der Waals surface area (Å²) < 4.78 is 24.2. The first-order valence-corrected chi connectivity index (χ1v) is 16.1. The highest BCUT2D eigenvalue weighted by Crippen LogP contribution is 2.45. The second kappa shape index (κ2) is 20.2. The van der Waals surface area contributed by atoms with Gasteiger partial charge in [-0.15, -0.1) is 0 Å². The molecule has 2 unspecified atom stereocenters. The average molecular weight is 698 g/mol. The summed E-state index contributed by atoms with van der Waals surface area (Å²) in [4.78, 5) is 71.3. The molecule has 264 valence electrons. The van der Waals surface area contributed by atoms with Gasteiger partial charge in [-0.1, -0.05) is 60.7 Å². The molecule has 18 heteroatoms. The predicted octanol–water partition coefficient (Wildman–Crippen LogP) is 0.672. The van der Waals surface area contributed by atoms with E-state index in [0.29, 0.717) is 0 Å². The summed E-state index contributed by atoms with van der Waals surface area (Å²) >= 11 is 0. The van der Waals surface area contributed by atoms with Crippen LogP contribution in [0.5, 0.6) is 0 Å². The van der Waals surface area contributed by atoms with Crippen molar-refractivity contribution < 1.29 is 68.0 Å². The van der Waals surface area contributed by atoms with Crippen molar-refractivity contribution >= 4 is 37.7 Å². The summed E-state index contributed by atoms with van der Waals surface area (Å²) in [5.74, 6) is -6.93.